The number of hydrogen-bond donors (Lipinski definition) is 2. The van der Waals surface area contributed by atoms with Gasteiger partial charge in [0.15, 0.2) is 6.61 Å². The molecule has 0 unspecified atom stereocenters. The van der Waals surface area contributed by atoms with Gasteiger partial charge in [0, 0.05) is 32.2 Å². The lowest BCUT2D eigenvalue weighted by Crippen LogP contribution is -2.51. The molecule has 1 fully saturated rings. The number of carbonyl (C=O) groups is 3. The monoisotopic (exact) mass is 352 g/mol. The van der Waals surface area contributed by atoms with Crippen LogP contribution in [0.4, 0.5) is 0 Å². The molecular formula is C17H24N2O6. The lowest BCUT2D eigenvalue weighted by Gasteiger charge is -2.36. The predicted octanol–water partition coefficient (Wildman–Crippen LogP) is 0.774. The minimum atomic E-state index is -1.82. The number of nitrogens with zero attached hydrogens (tertiary/aromatic N) is 2. The van der Waals surface area contributed by atoms with Crippen LogP contribution in [0.2, 0.25) is 0 Å². The number of amides is 1. The van der Waals surface area contributed by atoms with Gasteiger partial charge in [-0.3, -0.25) is 9.69 Å². The van der Waals surface area contributed by atoms with E-state index < -0.39 is 11.9 Å². The molecule has 1 aliphatic heterocycles. The molecule has 0 saturated carbocycles. The van der Waals surface area contributed by atoms with Crippen LogP contribution < -0.4 is 4.74 Å². The zero-order valence-electron chi connectivity index (χ0n) is 14.4. The van der Waals surface area contributed by atoms with E-state index in [1.807, 2.05) is 35.2 Å². The number of carboxylic acids is 2. The lowest BCUT2D eigenvalue weighted by molar-refractivity contribution is -0.159. The molecule has 1 amide bonds. The minimum absolute atomic E-state index is 0.0762. The molecule has 8 nitrogen and oxygen atoms in total. The third-order valence-electron chi connectivity index (χ3n) is 3.69. The first-order valence-electron chi connectivity index (χ1n) is 7.97. The Hall–Kier alpha value is -2.61. The second-order valence-corrected chi connectivity index (χ2v) is 5.72. The molecule has 0 atom stereocenters. The van der Waals surface area contributed by atoms with E-state index in [-0.39, 0.29) is 12.5 Å². The fourth-order valence-corrected chi connectivity index (χ4v) is 2.24. The number of carboxylic acid groups (broad SMARTS) is 2. The number of ether oxygens (including phenoxy) is 1. The first kappa shape index (κ1) is 20.4. The Balaban J connectivity index is 0.000000450. The summed E-state index contributed by atoms with van der Waals surface area (Å²) in [6, 6.07) is 10.0. The molecular weight excluding hydrogens is 328 g/mol. The van der Waals surface area contributed by atoms with Crippen molar-refractivity contribution in [2.75, 3.05) is 32.8 Å². The van der Waals surface area contributed by atoms with Crippen LogP contribution in [0, 0.1) is 0 Å². The summed E-state index contributed by atoms with van der Waals surface area (Å²) in [5.74, 6) is -2.83. The first-order valence-corrected chi connectivity index (χ1v) is 7.97. The van der Waals surface area contributed by atoms with E-state index >= 15 is 0 Å². The molecule has 0 spiro atoms. The van der Waals surface area contributed by atoms with E-state index in [0.717, 1.165) is 31.9 Å². The largest absolute Gasteiger partial charge is 0.484 e. The van der Waals surface area contributed by atoms with Crippen LogP contribution in [-0.4, -0.2) is 76.7 Å². The van der Waals surface area contributed by atoms with Crippen molar-refractivity contribution in [1.29, 1.82) is 0 Å². The molecule has 1 saturated heterocycles. The van der Waals surface area contributed by atoms with E-state index in [1.165, 1.54) is 0 Å². The number of hydrogen-bond acceptors (Lipinski definition) is 5. The molecule has 0 bridgehead atoms. The van der Waals surface area contributed by atoms with Crippen molar-refractivity contribution in [1.82, 2.24) is 9.80 Å². The number of para-hydroxylation sites is 1. The zero-order chi connectivity index (χ0) is 18.8. The van der Waals surface area contributed by atoms with Crippen molar-refractivity contribution in [3.8, 4) is 5.75 Å². The van der Waals surface area contributed by atoms with Gasteiger partial charge in [0.25, 0.3) is 5.91 Å². The molecule has 1 aliphatic rings. The summed E-state index contributed by atoms with van der Waals surface area (Å²) in [6.07, 6.45) is 0. The maximum atomic E-state index is 12.0. The van der Waals surface area contributed by atoms with Gasteiger partial charge >= 0.3 is 11.9 Å². The molecule has 25 heavy (non-hydrogen) atoms. The highest BCUT2D eigenvalue weighted by Crippen LogP contribution is 2.10. The molecule has 1 heterocycles. The summed E-state index contributed by atoms with van der Waals surface area (Å²) < 4.78 is 5.49. The van der Waals surface area contributed by atoms with Gasteiger partial charge in [-0.05, 0) is 26.0 Å². The third kappa shape index (κ3) is 7.67. The molecule has 1 aromatic carbocycles. The molecule has 2 N–H and O–H groups in total. The highest BCUT2D eigenvalue weighted by Gasteiger charge is 2.22. The number of rotatable bonds is 4. The minimum Gasteiger partial charge on any atom is -0.484 e. The predicted molar refractivity (Wildman–Crippen MR) is 90.5 cm³/mol. The van der Waals surface area contributed by atoms with Gasteiger partial charge in [-0.15, -0.1) is 0 Å². The zero-order valence-corrected chi connectivity index (χ0v) is 14.4. The van der Waals surface area contributed by atoms with E-state index in [4.69, 9.17) is 24.5 Å². The van der Waals surface area contributed by atoms with Gasteiger partial charge in [-0.25, -0.2) is 9.59 Å². The Labute approximate surface area is 146 Å². The van der Waals surface area contributed by atoms with Crippen molar-refractivity contribution in [2.45, 2.75) is 19.9 Å². The van der Waals surface area contributed by atoms with Crippen molar-refractivity contribution >= 4 is 17.8 Å². The maximum absolute atomic E-state index is 12.0. The number of piperazine rings is 1. The summed E-state index contributed by atoms with van der Waals surface area (Å²) >= 11 is 0. The SMILES string of the molecule is CC(C)N1CCN(C(=O)COc2ccccc2)CC1.O=C(O)C(=O)O. The summed E-state index contributed by atoms with van der Waals surface area (Å²) in [4.78, 5) is 34.5. The van der Waals surface area contributed by atoms with Crippen molar-refractivity contribution in [3.63, 3.8) is 0 Å². The topological polar surface area (TPSA) is 107 Å². The Morgan fingerprint density at radius 1 is 1.00 bits per heavy atom. The Morgan fingerprint density at radius 3 is 1.96 bits per heavy atom. The molecule has 1 aromatic rings. The molecule has 2 rings (SSSR count). The van der Waals surface area contributed by atoms with Gasteiger partial charge in [0.05, 0.1) is 0 Å². The van der Waals surface area contributed by atoms with E-state index in [0.29, 0.717) is 6.04 Å². The lowest BCUT2D eigenvalue weighted by atomic mass is 10.2. The van der Waals surface area contributed by atoms with Crippen molar-refractivity contribution < 1.29 is 29.3 Å². The number of aliphatic carboxylic acids is 2. The molecule has 0 aromatic heterocycles. The van der Waals surface area contributed by atoms with Crippen LogP contribution in [-0.2, 0) is 14.4 Å². The third-order valence-corrected chi connectivity index (χ3v) is 3.69. The fourth-order valence-electron chi connectivity index (χ4n) is 2.24. The Bertz CT molecular complexity index is 556. The summed E-state index contributed by atoms with van der Waals surface area (Å²) in [6.45, 7) is 8.02. The van der Waals surface area contributed by atoms with Gasteiger partial charge in [0.1, 0.15) is 5.75 Å². The van der Waals surface area contributed by atoms with Crippen LogP contribution in [0.25, 0.3) is 0 Å². The standard InChI is InChI=1S/C15H22N2O2.C2H2O4/c1-13(2)16-8-10-17(11-9-16)15(18)12-19-14-6-4-3-5-7-14;3-1(4)2(5)6/h3-7,13H,8-12H2,1-2H3;(H,3,4)(H,5,6). The average molecular weight is 352 g/mol. The molecule has 138 valence electrons. The number of benzene rings is 1. The molecule has 0 radical (unpaired) electrons. The highest BCUT2D eigenvalue weighted by molar-refractivity contribution is 6.27. The van der Waals surface area contributed by atoms with E-state index in [1.54, 1.807) is 0 Å². The van der Waals surface area contributed by atoms with Crippen LogP contribution in [0.1, 0.15) is 13.8 Å². The summed E-state index contributed by atoms with van der Waals surface area (Å²) in [7, 11) is 0. The smallest absolute Gasteiger partial charge is 0.414 e. The second kappa shape index (κ2) is 10.3. The fraction of sp³-hybridized carbons (Fsp3) is 0.471. The second-order valence-electron chi connectivity index (χ2n) is 5.72. The van der Waals surface area contributed by atoms with Crippen LogP contribution in [0.3, 0.4) is 0 Å². The molecule has 0 aliphatic carbocycles. The van der Waals surface area contributed by atoms with Gasteiger partial charge < -0.3 is 19.8 Å². The van der Waals surface area contributed by atoms with Gasteiger partial charge in [0.2, 0.25) is 0 Å². The Morgan fingerprint density at radius 2 is 1.52 bits per heavy atom. The van der Waals surface area contributed by atoms with Crippen LogP contribution in [0.15, 0.2) is 30.3 Å². The van der Waals surface area contributed by atoms with Gasteiger partial charge in [-0.1, -0.05) is 18.2 Å². The first-order chi connectivity index (χ1) is 11.8. The Kier molecular flexibility index (Phi) is 8.42. The summed E-state index contributed by atoms with van der Waals surface area (Å²) in [5, 5.41) is 14.8. The van der Waals surface area contributed by atoms with Crippen molar-refractivity contribution in [3.05, 3.63) is 30.3 Å². The average Bonchev–Trinajstić information content (AvgIpc) is 2.61. The van der Waals surface area contributed by atoms with Crippen LogP contribution in [0.5, 0.6) is 5.75 Å². The quantitative estimate of drug-likeness (QED) is 0.771. The highest BCUT2D eigenvalue weighted by atomic mass is 16.5. The number of carbonyl (C=O) groups excluding carboxylic acids is 1. The van der Waals surface area contributed by atoms with Crippen molar-refractivity contribution in [2.24, 2.45) is 0 Å². The van der Waals surface area contributed by atoms with E-state index in [9.17, 15) is 4.79 Å². The summed E-state index contributed by atoms with van der Waals surface area (Å²) in [5.41, 5.74) is 0. The normalized spacial score (nSPS) is 14.4. The van der Waals surface area contributed by atoms with Crippen LogP contribution >= 0.6 is 0 Å². The van der Waals surface area contributed by atoms with E-state index in [2.05, 4.69) is 18.7 Å². The molecule has 8 heteroatoms. The maximum Gasteiger partial charge on any atom is 0.414 e. The van der Waals surface area contributed by atoms with Gasteiger partial charge in [-0.2, -0.15) is 0 Å².